The molecule has 3 N–H and O–H groups in total. The van der Waals surface area contributed by atoms with Gasteiger partial charge in [-0.2, -0.15) is 5.10 Å². The van der Waals surface area contributed by atoms with Crippen molar-refractivity contribution < 1.29 is 4.79 Å². The van der Waals surface area contributed by atoms with E-state index in [4.69, 9.17) is 0 Å². The van der Waals surface area contributed by atoms with Gasteiger partial charge >= 0.3 is 6.03 Å². The number of amides is 2. The van der Waals surface area contributed by atoms with Gasteiger partial charge in [-0.15, -0.1) is 0 Å². The van der Waals surface area contributed by atoms with Crippen molar-refractivity contribution in [3.8, 4) is 5.82 Å². The Morgan fingerprint density at radius 2 is 1.89 bits per heavy atom. The van der Waals surface area contributed by atoms with Crippen LogP contribution in [-0.4, -0.2) is 25.8 Å². The van der Waals surface area contributed by atoms with E-state index in [1.165, 1.54) is 0 Å². The monoisotopic (exact) mass is 374 g/mol. The van der Waals surface area contributed by atoms with E-state index in [9.17, 15) is 4.79 Å². The largest absolute Gasteiger partial charge is 0.357 e. The molecule has 1 aromatic carbocycles. The van der Waals surface area contributed by atoms with E-state index in [2.05, 4.69) is 25.7 Å². The number of nitrogens with zero attached hydrogens (tertiary/aromatic N) is 3. The number of pyridine rings is 1. The molecule has 0 saturated heterocycles. The predicted octanol–water partition coefficient (Wildman–Crippen LogP) is 3.36. The number of aryl methyl sites for hydroxylation is 2. The first-order valence-electron chi connectivity index (χ1n) is 9.15. The number of nitrogens with one attached hydrogen (secondary N) is 3. The van der Waals surface area contributed by atoms with E-state index < -0.39 is 0 Å². The predicted molar refractivity (Wildman–Crippen MR) is 108 cm³/mol. The van der Waals surface area contributed by atoms with Crippen LogP contribution in [0.1, 0.15) is 22.6 Å². The lowest BCUT2D eigenvalue weighted by Crippen LogP contribution is -2.34. The van der Waals surface area contributed by atoms with Crippen LogP contribution < -0.4 is 10.6 Å². The van der Waals surface area contributed by atoms with E-state index in [-0.39, 0.29) is 6.03 Å². The number of aromatic nitrogens is 4. The highest BCUT2D eigenvalue weighted by atomic mass is 16.2. The highest BCUT2D eigenvalue weighted by Crippen LogP contribution is 2.14. The van der Waals surface area contributed by atoms with Crippen molar-refractivity contribution in [2.24, 2.45) is 0 Å². The molecule has 0 aliphatic rings. The number of hydrogen-bond donors (Lipinski definition) is 3. The minimum Gasteiger partial charge on any atom is -0.357 e. The molecule has 0 saturated carbocycles. The zero-order valence-electron chi connectivity index (χ0n) is 15.9. The maximum Gasteiger partial charge on any atom is 0.315 e. The van der Waals surface area contributed by atoms with E-state index in [1.807, 2.05) is 62.4 Å². The van der Waals surface area contributed by atoms with Gasteiger partial charge in [-0.1, -0.05) is 24.3 Å². The number of hydrogen-bond acceptors (Lipinski definition) is 3. The molecular weight excluding hydrogens is 352 g/mol. The first-order valence-corrected chi connectivity index (χ1v) is 9.15. The number of benzene rings is 1. The summed E-state index contributed by atoms with van der Waals surface area (Å²) in [6, 6.07) is 15.7. The zero-order chi connectivity index (χ0) is 19.5. The summed E-state index contributed by atoms with van der Waals surface area (Å²) in [5, 5.41) is 11.3. The Bertz CT molecular complexity index is 1080. The Morgan fingerprint density at radius 3 is 2.61 bits per heavy atom. The Morgan fingerprint density at radius 1 is 1.07 bits per heavy atom. The first-order chi connectivity index (χ1) is 13.6. The SMILES string of the molecule is Cc1cc(C)n(-c2ccc(CNC(=O)NCc3cc4ccccc4[nH]3)cn2)n1. The van der Waals surface area contributed by atoms with E-state index >= 15 is 0 Å². The maximum atomic E-state index is 12.1. The van der Waals surface area contributed by atoms with Crippen LogP contribution in [0, 0.1) is 13.8 Å². The molecule has 4 rings (SSSR count). The summed E-state index contributed by atoms with van der Waals surface area (Å²) in [5.41, 5.74) is 4.94. The smallest absolute Gasteiger partial charge is 0.315 e. The van der Waals surface area contributed by atoms with Gasteiger partial charge in [-0.25, -0.2) is 14.5 Å². The average molecular weight is 374 g/mol. The summed E-state index contributed by atoms with van der Waals surface area (Å²) in [4.78, 5) is 19.8. The molecule has 7 heteroatoms. The van der Waals surface area contributed by atoms with E-state index in [1.54, 1.807) is 10.9 Å². The van der Waals surface area contributed by atoms with Crippen LogP contribution in [0.15, 0.2) is 54.7 Å². The van der Waals surface area contributed by atoms with Gasteiger partial charge in [0.05, 0.1) is 12.2 Å². The van der Waals surface area contributed by atoms with E-state index in [0.29, 0.717) is 13.1 Å². The van der Waals surface area contributed by atoms with Gasteiger partial charge in [0, 0.05) is 29.6 Å². The summed E-state index contributed by atoms with van der Waals surface area (Å²) in [7, 11) is 0. The summed E-state index contributed by atoms with van der Waals surface area (Å²) in [5.74, 6) is 0.762. The van der Waals surface area contributed by atoms with Gasteiger partial charge in [-0.3, -0.25) is 0 Å². The van der Waals surface area contributed by atoms with Gasteiger partial charge in [0.25, 0.3) is 0 Å². The molecule has 0 spiro atoms. The fourth-order valence-electron chi connectivity index (χ4n) is 3.16. The second-order valence-electron chi connectivity index (χ2n) is 6.78. The normalized spacial score (nSPS) is 10.9. The summed E-state index contributed by atoms with van der Waals surface area (Å²) in [6.45, 7) is 4.80. The van der Waals surface area contributed by atoms with Gasteiger partial charge in [0.1, 0.15) is 0 Å². The van der Waals surface area contributed by atoms with Crippen LogP contribution >= 0.6 is 0 Å². The van der Waals surface area contributed by atoms with Crippen LogP contribution in [0.3, 0.4) is 0 Å². The van der Waals surface area contributed by atoms with Crippen LogP contribution in [0.4, 0.5) is 4.79 Å². The highest BCUT2D eigenvalue weighted by molar-refractivity contribution is 5.80. The molecule has 142 valence electrons. The summed E-state index contributed by atoms with van der Waals surface area (Å²) >= 11 is 0. The van der Waals surface area contributed by atoms with Gasteiger partial charge in [0.15, 0.2) is 5.82 Å². The fourth-order valence-corrected chi connectivity index (χ4v) is 3.16. The Hall–Kier alpha value is -3.61. The van der Waals surface area contributed by atoms with Crippen molar-refractivity contribution in [2.45, 2.75) is 26.9 Å². The molecule has 3 aromatic heterocycles. The lowest BCUT2D eigenvalue weighted by molar-refractivity contribution is 0.240. The third-order valence-electron chi connectivity index (χ3n) is 4.51. The molecule has 0 fully saturated rings. The number of para-hydroxylation sites is 1. The second kappa shape index (κ2) is 7.56. The molecular formula is C21H22N6O. The molecule has 7 nitrogen and oxygen atoms in total. The van der Waals surface area contributed by atoms with Crippen molar-refractivity contribution in [3.05, 3.63) is 77.4 Å². The van der Waals surface area contributed by atoms with Gasteiger partial charge < -0.3 is 15.6 Å². The molecule has 4 aromatic rings. The topological polar surface area (TPSA) is 87.6 Å². The molecule has 0 bridgehead atoms. The number of aromatic amines is 1. The number of rotatable bonds is 5. The van der Waals surface area contributed by atoms with Crippen molar-refractivity contribution in [1.29, 1.82) is 0 Å². The third-order valence-corrected chi connectivity index (χ3v) is 4.51. The standard InChI is InChI=1S/C21H22N6O/c1-14-9-15(2)27(26-14)20-8-7-16(11-22-20)12-23-21(28)24-13-18-10-17-5-3-4-6-19(17)25-18/h3-11,25H,12-13H2,1-2H3,(H2,23,24,28). The molecule has 0 aliphatic heterocycles. The number of carbonyl (C=O) groups excluding carboxylic acids is 1. The average Bonchev–Trinajstić information content (AvgIpc) is 3.27. The zero-order valence-corrected chi connectivity index (χ0v) is 15.9. The van der Waals surface area contributed by atoms with Crippen molar-refractivity contribution in [3.63, 3.8) is 0 Å². The number of H-pyrrole nitrogens is 1. The number of fused-ring (bicyclic) bond motifs is 1. The quantitative estimate of drug-likeness (QED) is 0.500. The van der Waals surface area contributed by atoms with Gasteiger partial charge in [-0.05, 0) is 49.1 Å². The molecule has 0 unspecified atom stereocenters. The Labute approximate surface area is 162 Å². The Kier molecular flexibility index (Phi) is 4.80. The third kappa shape index (κ3) is 3.88. The molecule has 2 amide bonds. The van der Waals surface area contributed by atoms with Crippen LogP contribution in [0.25, 0.3) is 16.7 Å². The minimum absolute atomic E-state index is 0.221. The summed E-state index contributed by atoms with van der Waals surface area (Å²) < 4.78 is 1.81. The summed E-state index contributed by atoms with van der Waals surface area (Å²) in [6.07, 6.45) is 1.75. The van der Waals surface area contributed by atoms with Crippen LogP contribution in [0.5, 0.6) is 0 Å². The van der Waals surface area contributed by atoms with Crippen LogP contribution in [0.2, 0.25) is 0 Å². The van der Waals surface area contributed by atoms with Gasteiger partial charge in [0.2, 0.25) is 0 Å². The molecule has 0 atom stereocenters. The van der Waals surface area contributed by atoms with Crippen LogP contribution in [-0.2, 0) is 13.1 Å². The fraction of sp³-hybridized carbons (Fsp3) is 0.190. The lowest BCUT2D eigenvalue weighted by atomic mass is 10.2. The number of urea groups is 1. The van der Waals surface area contributed by atoms with Crippen molar-refractivity contribution in [2.75, 3.05) is 0 Å². The molecule has 28 heavy (non-hydrogen) atoms. The maximum absolute atomic E-state index is 12.1. The Balaban J connectivity index is 1.30. The number of carbonyl (C=O) groups is 1. The first kappa shape index (κ1) is 17.8. The van der Waals surface area contributed by atoms with E-state index in [0.717, 1.165) is 39.4 Å². The molecule has 3 heterocycles. The minimum atomic E-state index is -0.221. The van der Waals surface area contributed by atoms with Crippen molar-refractivity contribution in [1.82, 2.24) is 30.4 Å². The van der Waals surface area contributed by atoms with Crippen molar-refractivity contribution >= 4 is 16.9 Å². The highest BCUT2D eigenvalue weighted by Gasteiger charge is 2.06. The second-order valence-corrected chi connectivity index (χ2v) is 6.78. The molecule has 0 aliphatic carbocycles. The lowest BCUT2D eigenvalue weighted by Gasteiger charge is -2.08. The molecule has 0 radical (unpaired) electrons.